The molecule has 2 aliphatic rings. The first-order valence-electron chi connectivity index (χ1n) is 9.20. The van der Waals surface area contributed by atoms with Gasteiger partial charge in [-0.2, -0.15) is 4.99 Å². The Balaban J connectivity index is 1.77. The van der Waals surface area contributed by atoms with Gasteiger partial charge >= 0.3 is 0 Å². The van der Waals surface area contributed by atoms with Crippen molar-refractivity contribution in [1.82, 2.24) is 0 Å². The number of halogens is 2. The van der Waals surface area contributed by atoms with Crippen molar-refractivity contribution < 1.29 is 4.74 Å². The Kier molecular flexibility index (Phi) is 5.08. The molecule has 1 aliphatic heterocycles. The van der Waals surface area contributed by atoms with Gasteiger partial charge in [-0.1, -0.05) is 41.8 Å². The van der Waals surface area contributed by atoms with E-state index in [0.29, 0.717) is 27.5 Å². The molecule has 146 valence electrons. The van der Waals surface area contributed by atoms with E-state index in [9.17, 15) is 0 Å². The normalized spacial score (nSPS) is 18.6. The maximum atomic E-state index is 6.34. The summed E-state index contributed by atoms with van der Waals surface area (Å²) in [6, 6.07) is 12.7. The maximum Gasteiger partial charge on any atom is 0.220 e. The van der Waals surface area contributed by atoms with Gasteiger partial charge in [0, 0.05) is 5.02 Å². The zero-order chi connectivity index (χ0) is 19.7. The number of anilines is 1. The van der Waals surface area contributed by atoms with Crippen molar-refractivity contribution in [3.8, 4) is 11.5 Å². The van der Waals surface area contributed by atoms with Crippen molar-refractivity contribution in [3.05, 3.63) is 52.5 Å². The maximum absolute atomic E-state index is 6.34. The lowest BCUT2D eigenvalue weighted by Crippen LogP contribution is -2.58. The van der Waals surface area contributed by atoms with Crippen LogP contribution in [0.15, 0.2) is 52.4 Å². The number of hydrogen-bond donors (Lipinski definition) is 2. The second-order valence-corrected chi connectivity index (χ2v) is 7.81. The lowest BCUT2D eigenvalue weighted by atomic mass is 9.87. The van der Waals surface area contributed by atoms with Crippen LogP contribution in [0.2, 0.25) is 10.0 Å². The molecule has 8 heteroatoms. The summed E-state index contributed by atoms with van der Waals surface area (Å²) in [4.78, 5) is 10.9. The SMILES string of the molecule is NC1=NC2(CCCCC2)N(c2ccccc2Oc2ccc(Cl)cc2Cl)C(N)=N1. The van der Waals surface area contributed by atoms with Gasteiger partial charge in [0.05, 0.1) is 10.7 Å². The third kappa shape index (κ3) is 3.50. The molecule has 1 fully saturated rings. The molecule has 0 saturated heterocycles. The van der Waals surface area contributed by atoms with E-state index in [2.05, 4.69) is 4.99 Å². The van der Waals surface area contributed by atoms with Crippen LogP contribution >= 0.6 is 23.2 Å². The van der Waals surface area contributed by atoms with E-state index in [1.54, 1.807) is 18.2 Å². The van der Waals surface area contributed by atoms with Crippen LogP contribution in [0.1, 0.15) is 32.1 Å². The highest BCUT2D eigenvalue weighted by Gasteiger charge is 2.43. The van der Waals surface area contributed by atoms with E-state index in [1.165, 1.54) is 6.42 Å². The van der Waals surface area contributed by atoms with Gasteiger partial charge in [0.25, 0.3) is 0 Å². The lowest BCUT2D eigenvalue weighted by molar-refractivity contribution is 0.304. The molecule has 0 unspecified atom stereocenters. The number of ether oxygens (including phenoxy) is 1. The van der Waals surface area contributed by atoms with Gasteiger partial charge in [-0.25, -0.2) is 4.99 Å². The molecule has 6 nitrogen and oxygen atoms in total. The molecule has 0 aromatic heterocycles. The third-order valence-corrected chi connectivity index (χ3v) is 5.60. The highest BCUT2D eigenvalue weighted by atomic mass is 35.5. The summed E-state index contributed by atoms with van der Waals surface area (Å²) in [5.41, 5.74) is 12.5. The van der Waals surface area contributed by atoms with Crippen molar-refractivity contribution in [2.75, 3.05) is 4.90 Å². The van der Waals surface area contributed by atoms with E-state index in [0.717, 1.165) is 31.4 Å². The summed E-state index contributed by atoms with van der Waals surface area (Å²) in [5, 5.41) is 0.973. The van der Waals surface area contributed by atoms with Gasteiger partial charge in [0.15, 0.2) is 5.75 Å². The number of benzene rings is 2. The molecule has 0 radical (unpaired) electrons. The van der Waals surface area contributed by atoms with Crippen molar-refractivity contribution in [3.63, 3.8) is 0 Å². The number of guanidine groups is 2. The van der Waals surface area contributed by atoms with E-state index in [1.807, 2.05) is 29.2 Å². The van der Waals surface area contributed by atoms with Crippen molar-refractivity contribution in [1.29, 1.82) is 0 Å². The predicted octanol–water partition coefficient (Wildman–Crippen LogP) is 4.90. The van der Waals surface area contributed by atoms with E-state index in [-0.39, 0.29) is 5.96 Å². The summed E-state index contributed by atoms with van der Waals surface area (Å²) in [6.45, 7) is 0. The average molecular weight is 418 g/mol. The molecular weight excluding hydrogens is 397 g/mol. The van der Waals surface area contributed by atoms with E-state index >= 15 is 0 Å². The van der Waals surface area contributed by atoms with Crippen LogP contribution in [0.25, 0.3) is 0 Å². The molecule has 0 amide bonds. The Labute approximate surface area is 173 Å². The second kappa shape index (κ2) is 7.53. The van der Waals surface area contributed by atoms with Gasteiger partial charge in [-0.15, -0.1) is 0 Å². The van der Waals surface area contributed by atoms with Gasteiger partial charge in [0.1, 0.15) is 11.4 Å². The fraction of sp³-hybridized carbons (Fsp3) is 0.300. The van der Waals surface area contributed by atoms with E-state index in [4.69, 9.17) is 44.4 Å². The number of rotatable bonds is 3. The monoisotopic (exact) mass is 417 g/mol. The summed E-state index contributed by atoms with van der Waals surface area (Å²) in [7, 11) is 0. The quantitative estimate of drug-likeness (QED) is 0.742. The zero-order valence-electron chi connectivity index (χ0n) is 15.2. The first-order chi connectivity index (χ1) is 13.5. The van der Waals surface area contributed by atoms with Crippen LogP contribution in [0.4, 0.5) is 5.69 Å². The standard InChI is InChI=1S/C20H21Cl2N5O/c21-13-8-9-16(14(22)12-13)28-17-7-3-2-6-15(17)27-19(24)25-18(23)26-20(27)10-4-1-5-11-20/h2-3,6-9,12H,1,4-5,10-11H2,(H4,23,24,25,26). The van der Waals surface area contributed by atoms with Gasteiger partial charge < -0.3 is 16.2 Å². The average Bonchev–Trinajstić information content (AvgIpc) is 2.65. The minimum Gasteiger partial charge on any atom is -0.454 e. The lowest BCUT2D eigenvalue weighted by Gasteiger charge is -2.45. The molecule has 2 aromatic carbocycles. The summed E-state index contributed by atoms with van der Waals surface area (Å²) in [6.07, 6.45) is 4.96. The molecule has 1 saturated carbocycles. The molecule has 2 aromatic rings. The highest BCUT2D eigenvalue weighted by molar-refractivity contribution is 6.35. The van der Waals surface area contributed by atoms with Crippen LogP contribution in [0.5, 0.6) is 11.5 Å². The Morgan fingerprint density at radius 1 is 0.964 bits per heavy atom. The fourth-order valence-electron chi connectivity index (χ4n) is 3.87. The molecule has 0 bridgehead atoms. The predicted molar refractivity (Wildman–Crippen MR) is 115 cm³/mol. The Morgan fingerprint density at radius 2 is 1.71 bits per heavy atom. The molecule has 4 rings (SSSR count). The molecule has 4 N–H and O–H groups in total. The number of nitrogens with zero attached hydrogens (tertiary/aromatic N) is 3. The first kappa shape index (κ1) is 18.9. The number of hydrogen-bond acceptors (Lipinski definition) is 6. The fourth-order valence-corrected chi connectivity index (χ4v) is 4.32. The second-order valence-electron chi connectivity index (χ2n) is 6.96. The van der Waals surface area contributed by atoms with Crippen LogP contribution in [0, 0.1) is 0 Å². The molecular formula is C20H21Cl2N5O. The van der Waals surface area contributed by atoms with Gasteiger partial charge in [-0.3, -0.25) is 4.90 Å². The largest absolute Gasteiger partial charge is 0.454 e. The topological polar surface area (TPSA) is 89.2 Å². The number of para-hydroxylation sites is 2. The van der Waals surface area contributed by atoms with Gasteiger partial charge in [0.2, 0.25) is 11.9 Å². The van der Waals surface area contributed by atoms with Gasteiger partial charge in [-0.05, 0) is 56.0 Å². The summed E-state index contributed by atoms with van der Waals surface area (Å²) in [5.74, 6) is 1.64. The third-order valence-electron chi connectivity index (χ3n) is 5.07. The highest BCUT2D eigenvalue weighted by Crippen LogP contribution is 2.44. The Hall–Kier alpha value is -2.44. The van der Waals surface area contributed by atoms with Crippen LogP contribution < -0.4 is 21.1 Å². The van der Waals surface area contributed by atoms with Crippen molar-refractivity contribution in [2.45, 2.75) is 37.8 Å². The minimum absolute atomic E-state index is 0.217. The molecule has 1 aliphatic carbocycles. The summed E-state index contributed by atoms with van der Waals surface area (Å²) < 4.78 is 6.14. The van der Waals surface area contributed by atoms with Crippen molar-refractivity contribution in [2.24, 2.45) is 21.5 Å². The van der Waals surface area contributed by atoms with E-state index < -0.39 is 5.66 Å². The smallest absolute Gasteiger partial charge is 0.220 e. The van der Waals surface area contributed by atoms with Crippen molar-refractivity contribution >= 4 is 40.8 Å². The Bertz CT molecular complexity index is 953. The zero-order valence-corrected chi connectivity index (χ0v) is 16.7. The van der Waals surface area contributed by atoms with Crippen LogP contribution in [-0.2, 0) is 0 Å². The van der Waals surface area contributed by atoms with Crippen LogP contribution in [0.3, 0.4) is 0 Å². The molecule has 0 atom stereocenters. The first-order valence-corrected chi connectivity index (χ1v) is 9.96. The molecule has 1 spiro atoms. The minimum atomic E-state index is -0.544. The molecule has 28 heavy (non-hydrogen) atoms. The Morgan fingerprint density at radius 3 is 2.46 bits per heavy atom. The molecule has 1 heterocycles. The number of nitrogens with two attached hydrogens (primary N) is 2. The number of aliphatic imine (C=N–C) groups is 2. The summed E-state index contributed by atoms with van der Waals surface area (Å²) >= 11 is 12.3. The van der Waals surface area contributed by atoms with Crippen LogP contribution in [-0.4, -0.2) is 17.6 Å².